The lowest BCUT2D eigenvalue weighted by molar-refractivity contribution is -0.134. The molecule has 0 N–H and O–H groups in total. The van der Waals surface area contributed by atoms with Crippen LogP contribution in [0.1, 0.15) is 54.4 Å². The second kappa shape index (κ2) is 10.3. The Labute approximate surface area is 228 Å². The van der Waals surface area contributed by atoms with Crippen molar-refractivity contribution in [3.8, 4) is 0 Å². The fourth-order valence-corrected chi connectivity index (χ4v) is 10.6. The largest absolute Gasteiger partial charge is 0.466 e. The number of methoxy groups -OCH3 is 1. The molecule has 0 radical (unpaired) electrons. The Morgan fingerprint density at radius 1 is 0.974 bits per heavy atom. The molecule has 4 rings (SSSR count). The van der Waals surface area contributed by atoms with E-state index in [-0.39, 0.29) is 23.1 Å². The van der Waals surface area contributed by atoms with Gasteiger partial charge in [0.05, 0.1) is 25.3 Å². The van der Waals surface area contributed by atoms with E-state index in [1.807, 2.05) is 43.9 Å². The number of amides is 1. The summed E-state index contributed by atoms with van der Waals surface area (Å²) in [4.78, 5) is 27.4. The third kappa shape index (κ3) is 5.31. The van der Waals surface area contributed by atoms with Gasteiger partial charge in [0.2, 0.25) is 0 Å². The summed E-state index contributed by atoms with van der Waals surface area (Å²) in [5.74, 6) is -0.176. The fourth-order valence-electron chi connectivity index (χ4n) is 6.01. The normalized spacial score (nSPS) is 23.3. The SMILES string of the molecule is COC(=O)/C=C/[C@]12C[C@H]1C[C@H](CO[Si](c1ccccc1)(c1ccccc1)C(C)(C)C)N2C(=O)OC(C)(C)C. The number of nitrogens with zero attached hydrogens (tertiary/aromatic N) is 1. The van der Waals surface area contributed by atoms with E-state index in [0.717, 1.165) is 12.8 Å². The van der Waals surface area contributed by atoms with Gasteiger partial charge in [-0.2, -0.15) is 0 Å². The molecule has 2 aromatic carbocycles. The van der Waals surface area contributed by atoms with Crippen molar-refractivity contribution in [3.05, 3.63) is 72.8 Å². The Morgan fingerprint density at radius 3 is 2.00 bits per heavy atom. The fraction of sp³-hybridized carbons (Fsp3) is 0.484. The highest BCUT2D eigenvalue weighted by Crippen LogP contribution is 2.59. The van der Waals surface area contributed by atoms with Gasteiger partial charge in [-0.15, -0.1) is 0 Å². The standard InChI is InChI=1S/C31H41NO5Si/c1-29(2,3)37-28(34)32-24(20-23-21-31(23,32)19-18-27(33)35-7)22-36-38(30(4,5)6,25-14-10-8-11-15-25)26-16-12-9-13-17-26/h8-19,23-24H,20-22H2,1-7H3/b19-18+/t23-,24-,31+/m1/s1. The minimum Gasteiger partial charge on any atom is -0.466 e. The highest BCUT2D eigenvalue weighted by atomic mass is 28.4. The quantitative estimate of drug-likeness (QED) is 0.282. The molecule has 1 aliphatic heterocycles. The molecule has 2 aromatic rings. The predicted molar refractivity (Wildman–Crippen MR) is 152 cm³/mol. The zero-order chi connectivity index (χ0) is 27.8. The first kappa shape index (κ1) is 28.1. The molecule has 0 unspecified atom stereocenters. The number of carbonyl (C=O) groups excluding carboxylic acids is 2. The van der Waals surface area contributed by atoms with Gasteiger partial charge in [0.1, 0.15) is 5.60 Å². The molecule has 1 saturated heterocycles. The summed E-state index contributed by atoms with van der Waals surface area (Å²) >= 11 is 0. The number of esters is 1. The van der Waals surface area contributed by atoms with Gasteiger partial charge in [-0.05, 0) is 54.9 Å². The second-order valence-electron chi connectivity index (χ2n) is 12.5. The third-order valence-corrected chi connectivity index (χ3v) is 12.7. The molecule has 3 atom stereocenters. The van der Waals surface area contributed by atoms with Crippen LogP contribution in [-0.4, -0.2) is 56.2 Å². The van der Waals surface area contributed by atoms with Crippen molar-refractivity contribution >= 4 is 30.8 Å². The summed E-state index contributed by atoms with van der Waals surface area (Å²) in [6.07, 6.45) is 4.49. The van der Waals surface area contributed by atoms with Crippen molar-refractivity contribution in [2.75, 3.05) is 13.7 Å². The molecule has 2 fully saturated rings. The van der Waals surface area contributed by atoms with Gasteiger partial charge in [0.25, 0.3) is 8.32 Å². The Balaban J connectivity index is 1.72. The molecule has 6 nitrogen and oxygen atoms in total. The molecular formula is C31H41NO5Si. The van der Waals surface area contributed by atoms with Gasteiger partial charge in [0.15, 0.2) is 0 Å². The lowest BCUT2D eigenvalue weighted by atomic mass is 10.2. The number of hydrogen-bond acceptors (Lipinski definition) is 5. The van der Waals surface area contributed by atoms with Crippen molar-refractivity contribution in [1.82, 2.24) is 4.90 Å². The van der Waals surface area contributed by atoms with Crippen LogP contribution in [-0.2, 0) is 18.7 Å². The first-order chi connectivity index (χ1) is 17.8. The smallest absolute Gasteiger partial charge is 0.411 e. The molecule has 38 heavy (non-hydrogen) atoms. The van der Waals surface area contributed by atoms with Crippen molar-refractivity contribution in [3.63, 3.8) is 0 Å². The van der Waals surface area contributed by atoms with Crippen molar-refractivity contribution in [2.45, 2.75) is 76.6 Å². The van der Waals surface area contributed by atoms with Crippen LogP contribution in [0.4, 0.5) is 4.79 Å². The number of carbonyl (C=O) groups is 2. The number of ether oxygens (including phenoxy) is 2. The zero-order valence-electron chi connectivity index (χ0n) is 23.7. The molecule has 1 heterocycles. The highest BCUT2D eigenvalue weighted by molar-refractivity contribution is 6.99. The summed E-state index contributed by atoms with van der Waals surface area (Å²) in [6.45, 7) is 12.7. The summed E-state index contributed by atoms with van der Waals surface area (Å²) in [7, 11) is -1.42. The third-order valence-electron chi connectivity index (χ3n) is 7.70. The molecule has 1 saturated carbocycles. The number of piperidine rings is 1. The molecule has 2 aliphatic rings. The van der Waals surface area contributed by atoms with Crippen LogP contribution in [0, 0.1) is 5.92 Å². The Kier molecular flexibility index (Phi) is 7.65. The highest BCUT2D eigenvalue weighted by Gasteiger charge is 2.66. The summed E-state index contributed by atoms with van der Waals surface area (Å²) in [5.41, 5.74) is -1.18. The first-order valence-electron chi connectivity index (χ1n) is 13.4. The van der Waals surface area contributed by atoms with Crippen LogP contribution in [0.3, 0.4) is 0 Å². The maximum Gasteiger partial charge on any atom is 0.411 e. The number of benzene rings is 2. The second-order valence-corrected chi connectivity index (χ2v) is 16.8. The maximum atomic E-state index is 13.6. The number of likely N-dealkylation sites (tertiary alicyclic amines) is 1. The van der Waals surface area contributed by atoms with Gasteiger partial charge in [-0.25, -0.2) is 9.59 Å². The van der Waals surface area contributed by atoms with Gasteiger partial charge in [0, 0.05) is 6.08 Å². The summed E-state index contributed by atoms with van der Waals surface area (Å²) in [5, 5.41) is 2.23. The van der Waals surface area contributed by atoms with E-state index >= 15 is 0 Å². The molecule has 204 valence electrons. The molecule has 1 amide bonds. The predicted octanol–water partition coefficient (Wildman–Crippen LogP) is 5.06. The van der Waals surface area contributed by atoms with Crippen molar-refractivity contribution < 1.29 is 23.5 Å². The minimum atomic E-state index is -2.77. The van der Waals surface area contributed by atoms with E-state index in [9.17, 15) is 9.59 Å². The Bertz CT molecular complexity index is 1130. The van der Waals surface area contributed by atoms with Gasteiger partial charge < -0.3 is 13.9 Å². The minimum absolute atomic E-state index is 0.170. The Morgan fingerprint density at radius 2 is 1.53 bits per heavy atom. The van der Waals surface area contributed by atoms with Crippen LogP contribution >= 0.6 is 0 Å². The van der Waals surface area contributed by atoms with Crippen LogP contribution in [0.5, 0.6) is 0 Å². The van der Waals surface area contributed by atoms with E-state index in [1.165, 1.54) is 23.6 Å². The number of hydrogen-bond donors (Lipinski definition) is 0. The average Bonchev–Trinajstić information content (AvgIpc) is 3.45. The molecule has 0 bridgehead atoms. The van der Waals surface area contributed by atoms with E-state index in [1.54, 1.807) is 0 Å². The molecule has 1 aliphatic carbocycles. The van der Waals surface area contributed by atoms with Gasteiger partial charge in [-0.3, -0.25) is 4.90 Å². The maximum absolute atomic E-state index is 13.6. The topological polar surface area (TPSA) is 65.1 Å². The van der Waals surface area contributed by atoms with Gasteiger partial charge >= 0.3 is 12.1 Å². The van der Waals surface area contributed by atoms with Crippen LogP contribution in [0.25, 0.3) is 0 Å². The van der Waals surface area contributed by atoms with Crippen LogP contribution in [0.15, 0.2) is 72.8 Å². The van der Waals surface area contributed by atoms with Crippen molar-refractivity contribution in [2.24, 2.45) is 5.92 Å². The monoisotopic (exact) mass is 535 g/mol. The zero-order valence-corrected chi connectivity index (χ0v) is 24.7. The lowest BCUT2D eigenvalue weighted by Crippen LogP contribution is -2.67. The van der Waals surface area contributed by atoms with Gasteiger partial charge in [-0.1, -0.05) is 87.5 Å². The molecular weight excluding hydrogens is 494 g/mol. The molecule has 0 spiro atoms. The number of fused-ring (bicyclic) bond motifs is 1. The lowest BCUT2D eigenvalue weighted by Gasteiger charge is -2.44. The van der Waals surface area contributed by atoms with Crippen LogP contribution < -0.4 is 10.4 Å². The molecule has 0 aromatic heterocycles. The average molecular weight is 536 g/mol. The Hall–Kier alpha value is -2.90. The molecule has 7 heteroatoms. The van der Waals surface area contributed by atoms with E-state index in [4.69, 9.17) is 13.9 Å². The van der Waals surface area contributed by atoms with E-state index in [2.05, 4.69) is 69.3 Å². The van der Waals surface area contributed by atoms with Crippen LogP contribution in [0.2, 0.25) is 5.04 Å². The number of rotatable bonds is 7. The van der Waals surface area contributed by atoms with E-state index < -0.39 is 25.4 Å². The summed E-state index contributed by atoms with van der Waals surface area (Å²) in [6, 6.07) is 20.8. The van der Waals surface area contributed by atoms with Crippen molar-refractivity contribution in [1.29, 1.82) is 0 Å². The first-order valence-corrected chi connectivity index (χ1v) is 15.3. The van der Waals surface area contributed by atoms with E-state index in [0.29, 0.717) is 6.61 Å². The summed E-state index contributed by atoms with van der Waals surface area (Å²) < 4.78 is 17.9.